The Bertz CT molecular complexity index is 2930. The van der Waals surface area contributed by atoms with Crippen LogP contribution in [0.4, 0.5) is 0 Å². The molecule has 0 aliphatic rings. The SMILES string of the molecule is CC(C)c1cc(-c2[c-]cccc2)nc[c]1[Ge]([CH3])([CH3])[CH3].Cc1cc(-c2ccccc2)cc(C)c1-n1c(-c2[c-]cc3oc4nc(C(C)(C)C)ccc4c3c2)nc2ccccc21.[Ir]. The van der Waals surface area contributed by atoms with E-state index in [0.717, 1.165) is 61.4 Å². The maximum Gasteiger partial charge on any atom is 0.216 e. The van der Waals surface area contributed by atoms with Gasteiger partial charge in [0.05, 0.1) is 22.4 Å². The number of fused-ring (bicyclic) bond motifs is 4. The Balaban J connectivity index is 0.000000230. The van der Waals surface area contributed by atoms with Crippen molar-refractivity contribution in [2.75, 3.05) is 0 Å². The Kier molecular flexibility index (Phi) is 12.2. The van der Waals surface area contributed by atoms with Gasteiger partial charge in [0, 0.05) is 42.3 Å². The standard InChI is InChI=1S/C36H30N3O.C17H22GeN.Ir/c1-22-19-26(24-11-7-6-8-12-24)20-23(2)33(22)39-30-14-10-9-13-29(30)37-34(39)25-15-17-31-28(21-25)27-16-18-32(36(3,4)5)38-35(27)40-31;1-13(2)15-11-17(14-9-7-6-8-10-14)19-12-16(15)18(3,4)5;/h6-14,16-21H,1-5H3;6-9,11-13H,1-5H3;/q2*-1;. The molecule has 9 aromatic rings. The molecule has 9 rings (SSSR count). The number of aryl methyl sites for hydroxylation is 2. The van der Waals surface area contributed by atoms with E-state index < -0.39 is 13.3 Å². The molecule has 0 unspecified atom stereocenters. The Morgan fingerprint density at radius 3 is 2.08 bits per heavy atom. The van der Waals surface area contributed by atoms with Gasteiger partial charge in [0.15, 0.2) is 0 Å². The average molecular weight is 1030 g/mol. The van der Waals surface area contributed by atoms with E-state index in [9.17, 15) is 0 Å². The van der Waals surface area contributed by atoms with Crippen LogP contribution in [0, 0.1) is 26.0 Å². The molecule has 305 valence electrons. The molecule has 7 heteroatoms. The van der Waals surface area contributed by atoms with Crippen LogP contribution in [0.5, 0.6) is 0 Å². The summed E-state index contributed by atoms with van der Waals surface area (Å²) in [5.41, 5.74) is 14.9. The predicted octanol–water partition coefficient (Wildman–Crippen LogP) is 13.6. The number of imidazole rings is 1. The molecule has 0 bridgehead atoms. The van der Waals surface area contributed by atoms with E-state index in [1.807, 2.05) is 30.3 Å². The number of benzene rings is 5. The van der Waals surface area contributed by atoms with Crippen LogP contribution < -0.4 is 4.40 Å². The molecule has 0 spiro atoms. The number of rotatable bonds is 6. The molecule has 0 aliphatic carbocycles. The third kappa shape index (κ3) is 8.56. The first-order valence-corrected chi connectivity index (χ1v) is 27.9. The van der Waals surface area contributed by atoms with Gasteiger partial charge in [-0.2, -0.15) is 0 Å². The van der Waals surface area contributed by atoms with E-state index in [4.69, 9.17) is 14.4 Å². The molecule has 1 radical (unpaired) electrons. The number of hydrogen-bond acceptors (Lipinski definition) is 4. The van der Waals surface area contributed by atoms with Crippen molar-refractivity contribution < 1.29 is 24.5 Å². The van der Waals surface area contributed by atoms with Gasteiger partial charge in [-0.3, -0.25) is 4.98 Å². The second-order valence-corrected chi connectivity index (χ2v) is 28.5. The topological polar surface area (TPSA) is 56.7 Å². The van der Waals surface area contributed by atoms with Crippen LogP contribution in [0.15, 0.2) is 132 Å². The van der Waals surface area contributed by atoms with Crippen molar-refractivity contribution in [1.82, 2.24) is 19.5 Å². The van der Waals surface area contributed by atoms with Crippen LogP contribution in [0.1, 0.15) is 62.9 Å². The minimum absolute atomic E-state index is 0. The van der Waals surface area contributed by atoms with E-state index in [1.54, 1.807) is 0 Å². The van der Waals surface area contributed by atoms with Gasteiger partial charge >= 0.3 is 119 Å². The summed E-state index contributed by atoms with van der Waals surface area (Å²) in [5, 5.41) is 2.02. The Morgan fingerprint density at radius 1 is 0.717 bits per heavy atom. The second-order valence-electron chi connectivity index (χ2n) is 17.9. The van der Waals surface area contributed by atoms with Gasteiger partial charge in [-0.15, -0.1) is 23.8 Å². The van der Waals surface area contributed by atoms with Gasteiger partial charge in [-0.25, -0.2) is 4.98 Å². The Hall–Kier alpha value is -5.14. The van der Waals surface area contributed by atoms with Crippen molar-refractivity contribution in [2.24, 2.45) is 0 Å². The summed E-state index contributed by atoms with van der Waals surface area (Å²) in [7, 11) is 0. The van der Waals surface area contributed by atoms with Crippen LogP contribution in [0.25, 0.3) is 72.6 Å². The zero-order valence-electron chi connectivity index (χ0n) is 36.2. The molecule has 5 nitrogen and oxygen atoms in total. The number of furan rings is 1. The summed E-state index contributed by atoms with van der Waals surface area (Å²) < 4.78 is 9.98. The first-order valence-electron chi connectivity index (χ1n) is 20.6. The first kappa shape index (κ1) is 43.0. The molecular formula is C53H52GeIrN4O-2. The second kappa shape index (κ2) is 17.1. The quantitative estimate of drug-likeness (QED) is 0.123. The molecule has 0 aliphatic heterocycles. The van der Waals surface area contributed by atoms with Crippen LogP contribution in [-0.4, -0.2) is 32.8 Å². The summed E-state index contributed by atoms with van der Waals surface area (Å²) in [5.74, 6) is 8.69. The molecule has 5 aromatic carbocycles. The van der Waals surface area contributed by atoms with Crippen LogP contribution in [0.3, 0.4) is 0 Å². The van der Waals surface area contributed by atoms with E-state index in [2.05, 4.69) is 185 Å². The molecule has 0 saturated carbocycles. The Morgan fingerprint density at radius 2 is 1.42 bits per heavy atom. The third-order valence-electron chi connectivity index (χ3n) is 11.0. The van der Waals surface area contributed by atoms with Gasteiger partial charge in [-0.05, 0) is 72.5 Å². The fraction of sp³-hybridized carbons (Fsp3) is 0.226. The fourth-order valence-corrected chi connectivity index (χ4v) is 11.5. The number of para-hydroxylation sites is 2. The smallest absolute Gasteiger partial charge is 0.216 e. The summed E-state index contributed by atoms with van der Waals surface area (Å²) in [6, 6.07) is 48.7. The van der Waals surface area contributed by atoms with E-state index in [1.165, 1.54) is 32.2 Å². The van der Waals surface area contributed by atoms with Gasteiger partial charge in [0.25, 0.3) is 0 Å². The Labute approximate surface area is 371 Å². The molecule has 0 fully saturated rings. The van der Waals surface area contributed by atoms with Crippen molar-refractivity contribution in [3.63, 3.8) is 0 Å². The summed E-state index contributed by atoms with van der Waals surface area (Å²) >= 11 is -1.85. The molecule has 0 saturated heterocycles. The maximum absolute atomic E-state index is 6.18. The summed E-state index contributed by atoms with van der Waals surface area (Å²) in [6.45, 7) is 15.4. The number of aromatic nitrogens is 4. The van der Waals surface area contributed by atoms with E-state index in [0.29, 0.717) is 11.6 Å². The van der Waals surface area contributed by atoms with E-state index >= 15 is 0 Å². The molecule has 0 amide bonds. The number of pyridine rings is 2. The van der Waals surface area contributed by atoms with Crippen molar-refractivity contribution in [3.8, 4) is 39.5 Å². The molecule has 4 aromatic heterocycles. The summed E-state index contributed by atoms with van der Waals surface area (Å²) in [6.07, 6.45) is 2.12. The minimum Gasteiger partial charge on any atom is -0.486 e. The van der Waals surface area contributed by atoms with Gasteiger partial charge in [-0.1, -0.05) is 68.6 Å². The molecule has 60 heavy (non-hydrogen) atoms. The van der Waals surface area contributed by atoms with Crippen molar-refractivity contribution in [1.29, 1.82) is 0 Å². The van der Waals surface area contributed by atoms with E-state index in [-0.39, 0.29) is 25.5 Å². The summed E-state index contributed by atoms with van der Waals surface area (Å²) in [4.78, 5) is 14.6. The zero-order chi connectivity index (χ0) is 41.6. The number of hydrogen-bond donors (Lipinski definition) is 0. The largest absolute Gasteiger partial charge is 0.486 e. The van der Waals surface area contributed by atoms with Crippen LogP contribution in [0.2, 0.25) is 17.3 Å². The van der Waals surface area contributed by atoms with Crippen molar-refractivity contribution in [2.45, 2.75) is 77.1 Å². The molecule has 0 N–H and O–H groups in total. The molecule has 4 heterocycles. The minimum atomic E-state index is -1.85. The third-order valence-corrected chi connectivity index (χ3v) is 15.3. The van der Waals surface area contributed by atoms with Gasteiger partial charge < -0.3 is 8.98 Å². The average Bonchev–Trinajstić information content (AvgIpc) is 3.78. The predicted molar refractivity (Wildman–Crippen MR) is 250 cm³/mol. The monoisotopic (exact) mass is 1030 g/mol. The zero-order valence-corrected chi connectivity index (χ0v) is 40.7. The van der Waals surface area contributed by atoms with Crippen LogP contribution in [-0.2, 0) is 25.5 Å². The van der Waals surface area contributed by atoms with Gasteiger partial charge in [0.2, 0.25) is 5.71 Å². The van der Waals surface area contributed by atoms with Crippen molar-refractivity contribution >= 4 is 50.8 Å². The van der Waals surface area contributed by atoms with Crippen molar-refractivity contribution in [3.05, 3.63) is 162 Å². The molecule has 0 atom stereocenters. The normalized spacial score (nSPS) is 11.8. The van der Waals surface area contributed by atoms with Crippen LogP contribution >= 0.6 is 0 Å². The first-order chi connectivity index (χ1) is 28.2. The fourth-order valence-electron chi connectivity index (χ4n) is 7.96. The number of nitrogens with zero attached hydrogens (tertiary/aromatic N) is 4. The molecular weight excluding hydrogens is 973 g/mol. The van der Waals surface area contributed by atoms with Gasteiger partial charge in [0.1, 0.15) is 0 Å². The maximum atomic E-state index is 6.18.